The molecule has 2 heterocycles. The fourth-order valence-corrected chi connectivity index (χ4v) is 3.29. The van der Waals surface area contributed by atoms with Gasteiger partial charge in [0.15, 0.2) is 5.60 Å². The number of amides is 1. The van der Waals surface area contributed by atoms with E-state index in [2.05, 4.69) is 5.32 Å². The van der Waals surface area contributed by atoms with E-state index in [1.54, 1.807) is 36.4 Å². The van der Waals surface area contributed by atoms with Crippen LogP contribution >= 0.6 is 11.3 Å². The summed E-state index contributed by atoms with van der Waals surface area (Å²) >= 11 is 1.40. The largest absolute Gasteiger partial charge is 0.496 e. The number of methoxy groups -OCH3 is 1. The van der Waals surface area contributed by atoms with Crippen LogP contribution in [-0.4, -0.2) is 24.7 Å². The average molecular weight is 343 g/mol. The quantitative estimate of drug-likeness (QED) is 0.722. The molecule has 0 spiro atoms. The summed E-state index contributed by atoms with van der Waals surface area (Å²) in [4.78, 5) is 13.2. The Hall–Kier alpha value is -2.57. The lowest BCUT2D eigenvalue weighted by Gasteiger charge is -2.25. The predicted octanol–water partition coefficient (Wildman–Crippen LogP) is 3.02. The molecule has 24 heavy (non-hydrogen) atoms. The number of thiophene rings is 1. The van der Waals surface area contributed by atoms with Gasteiger partial charge in [-0.3, -0.25) is 4.79 Å². The number of ether oxygens (including phenoxy) is 1. The maximum Gasteiger partial charge on any atom is 0.255 e. The van der Waals surface area contributed by atoms with E-state index in [1.807, 2.05) is 17.5 Å². The SMILES string of the molecule is COc1ccccc1C(=O)NC[C@@](O)(c1ccco1)c1cccs1. The van der Waals surface area contributed by atoms with Crippen molar-refractivity contribution in [2.24, 2.45) is 0 Å². The smallest absolute Gasteiger partial charge is 0.255 e. The minimum atomic E-state index is -1.42. The third-order valence-electron chi connectivity index (χ3n) is 3.71. The molecule has 1 atom stereocenters. The highest BCUT2D eigenvalue weighted by Gasteiger charge is 2.36. The molecule has 2 N–H and O–H groups in total. The van der Waals surface area contributed by atoms with Crippen LogP contribution in [0.15, 0.2) is 64.6 Å². The summed E-state index contributed by atoms with van der Waals surface area (Å²) in [6.45, 7) is -0.0160. The van der Waals surface area contributed by atoms with Crippen LogP contribution in [0.25, 0.3) is 0 Å². The molecular weight excluding hydrogens is 326 g/mol. The highest BCUT2D eigenvalue weighted by Crippen LogP contribution is 2.32. The van der Waals surface area contributed by atoms with Crippen LogP contribution in [0.4, 0.5) is 0 Å². The maximum atomic E-state index is 12.5. The zero-order valence-electron chi connectivity index (χ0n) is 13.1. The summed E-state index contributed by atoms with van der Waals surface area (Å²) in [5.74, 6) is 0.534. The molecule has 0 aliphatic rings. The minimum absolute atomic E-state index is 0.0160. The summed E-state index contributed by atoms with van der Waals surface area (Å²) < 4.78 is 10.6. The zero-order valence-corrected chi connectivity index (χ0v) is 13.9. The van der Waals surface area contributed by atoms with Crippen LogP contribution in [0.1, 0.15) is 21.0 Å². The van der Waals surface area contributed by atoms with Gasteiger partial charge < -0.3 is 19.6 Å². The standard InChI is InChI=1S/C18H17NO4S/c1-22-14-7-3-2-6-13(14)17(20)19-12-18(21,15-8-4-10-23-15)16-9-5-11-24-16/h2-11,21H,12H2,1H3,(H,19,20)/t18-/m1/s1. The predicted molar refractivity (Wildman–Crippen MR) is 91.4 cm³/mol. The monoisotopic (exact) mass is 343 g/mol. The van der Waals surface area contributed by atoms with Crippen LogP contribution < -0.4 is 10.1 Å². The Bertz CT molecular complexity index is 762. The van der Waals surface area contributed by atoms with Crippen LogP contribution in [0.2, 0.25) is 0 Å². The van der Waals surface area contributed by atoms with Gasteiger partial charge in [-0.2, -0.15) is 0 Å². The van der Waals surface area contributed by atoms with E-state index >= 15 is 0 Å². The molecule has 1 aromatic carbocycles. The minimum Gasteiger partial charge on any atom is -0.496 e. The van der Waals surface area contributed by atoms with Crippen LogP contribution in [0.5, 0.6) is 5.75 Å². The molecule has 5 nitrogen and oxygen atoms in total. The van der Waals surface area contributed by atoms with Gasteiger partial charge in [0.1, 0.15) is 11.5 Å². The molecule has 1 amide bonds. The molecule has 6 heteroatoms. The number of carbonyl (C=O) groups excluding carboxylic acids is 1. The van der Waals surface area contributed by atoms with Gasteiger partial charge in [0.2, 0.25) is 0 Å². The molecule has 0 bridgehead atoms. The summed E-state index contributed by atoms with van der Waals surface area (Å²) in [5, 5.41) is 15.8. The molecule has 0 aliphatic carbocycles. The van der Waals surface area contributed by atoms with Crippen molar-refractivity contribution >= 4 is 17.2 Å². The summed E-state index contributed by atoms with van der Waals surface area (Å²) in [7, 11) is 1.51. The van der Waals surface area contributed by atoms with E-state index in [-0.39, 0.29) is 12.5 Å². The van der Waals surface area contributed by atoms with Crippen molar-refractivity contribution in [1.82, 2.24) is 5.32 Å². The zero-order chi connectivity index (χ0) is 17.0. The fraction of sp³-hybridized carbons (Fsp3) is 0.167. The second-order valence-electron chi connectivity index (χ2n) is 5.20. The van der Waals surface area contributed by atoms with Gasteiger partial charge in [0.05, 0.1) is 25.5 Å². The van der Waals surface area contributed by atoms with Crippen molar-refractivity contribution in [2.75, 3.05) is 13.7 Å². The number of nitrogens with one attached hydrogen (secondary N) is 1. The number of furan rings is 1. The normalized spacial score (nSPS) is 13.2. The van der Waals surface area contributed by atoms with E-state index in [9.17, 15) is 9.90 Å². The Kier molecular flexibility index (Phi) is 4.69. The summed E-state index contributed by atoms with van der Waals surface area (Å²) in [6.07, 6.45) is 1.50. The van der Waals surface area contributed by atoms with E-state index < -0.39 is 5.60 Å². The van der Waals surface area contributed by atoms with Gasteiger partial charge in [-0.1, -0.05) is 18.2 Å². The molecule has 0 unspecified atom stereocenters. The Morgan fingerprint density at radius 3 is 2.75 bits per heavy atom. The molecule has 3 rings (SSSR count). The molecule has 2 aromatic heterocycles. The first-order valence-electron chi connectivity index (χ1n) is 7.36. The van der Waals surface area contributed by atoms with Crippen LogP contribution in [-0.2, 0) is 5.60 Å². The first-order chi connectivity index (χ1) is 11.6. The van der Waals surface area contributed by atoms with Crippen molar-refractivity contribution in [3.8, 4) is 5.75 Å². The van der Waals surface area contributed by atoms with Gasteiger partial charge in [-0.15, -0.1) is 11.3 Å². The Balaban J connectivity index is 1.83. The number of hydrogen-bond acceptors (Lipinski definition) is 5. The Morgan fingerprint density at radius 2 is 2.08 bits per heavy atom. The maximum absolute atomic E-state index is 12.5. The molecule has 0 saturated carbocycles. The fourth-order valence-electron chi connectivity index (χ4n) is 2.46. The summed E-state index contributed by atoms with van der Waals surface area (Å²) in [5.41, 5.74) is -1.01. The number of aliphatic hydroxyl groups is 1. The summed E-state index contributed by atoms with van der Waals surface area (Å²) in [6, 6.07) is 14.0. The highest BCUT2D eigenvalue weighted by atomic mass is 32.1. The van der Waals surface area contributed by atoms with E-state index in [1.165, 1.54) is 24.7 Å². The molecule has 0 aliphatic heterocycles. The van der Waals surface area contributed by atoms with Gasteiger partial charge in [-0.05, 0) is 35.7 Å². The number of para-hydroxylation sites is 1. The van der Waals surface area contributed by atoms with Crippen molar-refractivity contribution in [2.45, 2.75) is 5.60 Å². The van der Waals surface area contributed by atoms with Gasteiger partial charge >= 0.3 is 0 Å². The third-order valence-corrected chi connectivity index (χ3v) is 4.73. The first kappa shape index (κ1) is 16.3. The molecule has 124 valence electrons. The molecule has 3 aromatic rings. The second kappa shape index (κ2) is 6.90. The number of hydrogen-bond donors (Lipinski definition) is 2. The van der Waals surface area contributed by atoms with Crippen molar-refractivity contribution < 1.29 is 19.1 Å². The van der Waals surface area contributed by atoms with E-state index in [4.69, 9.17) is 9.15 Å². The van der Waals surface area contributed by atoms with Crippen molar-refractivity contribution in [1.29, 1.82) is 0 Å². The molecule has 0 saturated heterocycles. The van der Waals surface area contributed by atoms with Crippen molar-refractivity contribution in [3.63, 3.8) is 0 Å². The van der Waals surface area contributed by atoms with Crippen LogP contribution in [0.3, 0.4) is 0 Å². The van der Waals surface area contributed by atoms with E-state index in [0.717, 1.165) is 0 Å². The highest BCUT2D eigenvalue weighted by molar-refractivity contribution is 7.10. The first-order valence-corrected chi connectivity index (χ1v) is 8.24. The lowest BCUT2D eigenvalue weighted by Crippen LogP contribution is -2.41. The van der Waals surface area contributed by atoms with Gasteiger partial charge in [0.25, 0.3) is 5.91 Å². The number of rotatable bonds is 6. The topological polar surface area (TPSA) is 71.7 Å². The molecule has 0 radical (unpaired) electrons. The Labute approximate surface area is 143 Å². The Morgan fingerprint density at radius 1 is 1.25 bits per heavy atom. The lowest BCUT2D eigenvalue weighted by atomic mass is 9.98. The van der Waals surface area contributed by atoms with Gasteiger partial charge in [0, 0.05) is 4.88 Å². The second-order valence-corrected chi connectivity index (χ2v) is 6.15. The number of benzene rings is 1. The van der Waals surface area contributed by atoms with Gasteiger partial charge in [-0.25, -0.2) is 0 Å². The third kappa shape index (κ3) is 3.06. The van der Waals surface area contributed by atoms with Crippen LogP contribution in [0, 0.1) is 0 Å². The molecular formula is C18H17NO4S. The lowest BCUT2D eigenvalue weighted by molar-refractivity contribution is 0.0553. The van der Waals surface area contributed by atoms with Crippen molar-refractivity contribution in [3.05, 3.63) is 76.4 Å². The number of carbonyl (C=O) groups is 1. The molecule has 0 fully saturated rings. The average Bonchev–Trinajstić information content (AvgIpc) is 3.33. The van der Waals surface area contributed by atoms with E-state index in [0.29, 0.717) is 22.0 Å².